The van der Waals surface area contributed by atoms with Gasteiger partial charge in [-0.1, -0.05) is 19.8 Å². The van der Waals surface area contributed by atoms with Crippen molar-refractivity contribution in [2.24, 2.45) is 5.92 Å². The molecule has 3 heteroatoms. The van der Waals surface area contributed by atoms with Crippen LogP contribution in [0.2, 0.25) is 0 Å². The predicted octanol–water partition coefficient (Wildman–Crippen LogP) is 2.80. The molecular weight excluding hydrogens is 210 g/mol. The van der Waals surface area contributed by atoms with Crippen LogP contribution in [0, 0.1) is 5.92 Å². The minimum atomic E-state index is 0.636. The summed E-state index contributed by atoms with van der Waals surface area (Å²) in [6, 6.07) is 0.636. The molecule has 1 aliphatic carbocycles. The van der Waals surface area contributed by atoms with E-state index in [-0.39, 0.29) is 0 Å². The first-order valence-corrected chi connectivity index (χ1v) is 6.79. The summed E-state index contributed by atoms with van der Waals surface area (Å²) in [5, 5.41) is 3.55. The highest BCUT2D eigenvalue weighted by atomic mass is 35.5. The van der Waals surface area contributed by atoms with E-state index in [2.05, 4.69) is 12.2 Å². The lowest BCUT2D eigenvalue weighted by atomic mass is 10.1. The van der Waals surface area contributed by atoms with Crippen LogP contribution in [-0.2, 0) is 4.74 Å². The molecule has 2 atom stereocenters. The highest BCUT2D eigenvalue weighted by molar-refractivity contribution is 6.18. The third-order valence-corrected chi connectivity index (χ3v) is 3.55. The van der Waals surface area contributed by atoms with Gasteiger partial charge in [0.1, 0.15) is 0 Å². The number of rotatable bonds is 8. The molecule has 1 N–H and O–H groups in total. The van der Waals surface area contributed by atoms with Gasteiger partial charge in [-0.25, -0.2) is 0 Å². The molecule has 0 amide bonds. The van der Waals surface area contributed by atoms with Crippen LogP contribution in [-0.4, -0.2) is 31.7 Å². The van der Waals surface area contributed by atoms with Crippen molar-refractivity contribution in [3.63, 3.8) is 0 Å². The highest BCUT2D eigenvalue weighted by Crippen LogP contribution is 2.26. The molecule has 0 radical (unpaired) electrons. The first-order chi connectivity index (χ1) is 7.38. The standard InChI is InChI=1S/C12H24ClNO/c1-2-3-8-15-9-7-14-12-6-4-5-11(12)10-13/h11-12,14H,2-10H2,1H3. The number of ether oxygens (including phenoxy) is 1. The summed E-state index contributed by atoms with van der Waals surface area (Å²) < 4.78 is 5.51. The van der Waals surface area contributed by atoms with E-state index in [1.54, 1.807) is 0 Å². The van der Waals surface area contributed by atoms with Gasteiger partial charge in [0.25, 0.3) is 0 Å². The quantitative estimate of drug-likeness (QED) is 0.514. The Morgan fingerprint density at radius 2 is 2.20 bits per heavy atom. The monoisotopic (exact) mass is 233 g/mol. The molecule has 0 spiro atoms. The van der Waals surface area contributed by atoms with Gasteiger partial charge < -0.3 is 10.1 Å². The zero-order valence-corrected chi connectivity index (χ0v) is 10.6. The van der Waals surface area contributed by atoms with Crippen molar-refractivity contribution in [2.45, 2.75) is 45.1 Å². The number of unbranched alkanes of at least 4 members (excludes halogenated alkanes) is 1. The second kappa shape index (κ2) is 8.37. The van der Waals surface area contributed by atoms with Crippen LogP contribution >= 0.6 is 11.6 Å². The summed E-state index contributed by atoms with van der Waals surface area (Å²) in [5.41, 5.74) is 0. The molecule has 0 aliphatic heterocycles. The Bertz CT molecular complexity index is 155. The fourth-order valence-electron chi connectivity index (χ4n) is 2.16. The highest BCUT2D eigenvalue weighted by Gasteiger charge is 2.25. The molecule has 1 fully saturated rings. The molecule has 2 nitrogen and oxygen atoms in total. The Kier molecular flexibility index (Phi) is 7.41. The van der Waals surface area contributed by atoms with Crippen molar-refractivity contribution in [1.82, 2.24) is 5.32 Å². The van der Waals surface area contributed by atoms with Crippen molar-refractivity contribution in [3.05, 3.63) is 0 Å². The van der Waals surface area contributed by atoms with E-state index in [9.17, 15) is 0 Å². The largest absolute Gasteiger partial charge is 0.380 e. The minimum Gasteiger partial charge on any atom is -0.380 e. The molecule has 1 aliphatic rings. The molecule has 0 aromatic carbocycles. The van der Waals surface area contributed by atoms with Crippen LogP contribution in [0.25, 0.3) is 0 Å². The van der Waals surface area contributed by atoms with Crippen LogP contribution in [0.4, 0.5) is 0 Å². The number of hydrogen-bond donors (Lipinski definition) is 1. The average molecular weight is 234 g/mol. The van der Waals surface area contributed by atoms with Crippen molar-refractivity contribution < 1.29 is 4.74 Å². The van der Waals surface area contributed by atoms with Crippen LogP contribution < -0.4 is 5.32 Å². The normalized spacial score (nSPS) is 26.0. The molecule has 90 valence electrons. The first-order valence-electron chi connectivity index (χ1n) is 6.25. The average Bonchev–Trinajstić information content (AvgIpc) is 2.70. The molecule has 1 rings (SSSR count). The van der Waals surface area contributed by atoms with E-state index >= 15 is 0 Å². The third-order valence-electron chi connectivity index (χ3n) is 3.15. The predicted molar refractivity (Wildman–Crippen MR) is 65.6 cm³/mol. The Balaban J connectivity index is 1.95. The van der Waals surface area contributed by atoms with Gasteiger partial charge in [-0.2, -0.15) is 0 Å². The van der Waals surface area contributed by atoms with Crippen molar-refractivity contribution in [2.75, 3.05) is 25.6 Å². The lowest BCUT2D eigenvalue weighted by molar-refractivity contribution is 0.130. The van der Waals surface area contributed by atoms with E-state index in [4.69, 9.17) is 16.3 Å². The molecule has 0 saturated heterocycles. The van der Waals surface area contributed by atoms with Crippen LogP contribution in [0.1, 0.15) is 39.0 Å². The van der Waals surface area contributed by atoms with Crippen molar-refractivity contribution >= 4 is 11.6 Å². The molecule has 0 heterocycles. The zero-order chi connectivity index (χ0) is 10.9. The summed E-state index contributed by atoms with van der Waals surface area (Å²) >= 11 is 5.91. The SMILES string of the molecule is CCCCOCCNC1CCCC1CCl. The molecule has 15 heavy (non-hydrogen) atoms. The van der Waals surface area contributed by atoms with Gasteiger partial charge in [0.05, 0.1) is 6.61 Å². The van der Waals surface area contributed by atoms with E-state index in [1.807, 2.05) is 0 Å². The second-order valence-electron chi connectivity index (χ2n) is 4.37. The van der Waals surface area contributed by atoms with E-state index in [1.165, 1.54) is 32.1 Å². The Hall–Kier alpha value is 0.210. The number of alkyl halides is 1. The summed E-state index contributed by atoms with van der Waals surface area (Å²) in [7, 11) is 0. The maximum absolute atomic E-state index is 5.91. The number of halogens is 1. The van der Waals surface area contributed by atoms with Gasteiger partial charge in [-0.05, 0) is 25.2 Å². The van der Waals surface area contributed by atoms with E-state index in [0.29, 0.717) is 12.0 Å². The van der Waals surface area contributed by atoms with Crippen LogP contribution in [0.15, 0.2) is 0 Å². The maximum atomic E-state index is 5.91. The van der Waals surface area contributed by atoms with Crippen LogP contribution in [0.5, 0.6) is 0 Å². The van der Waals surface area contributed by atoms with Gasteiger partial charge in [0.15, 0.2) is 0 Å². The lowest BCUT2D eigenvalue weighted by Gasteiger charge is -2.18. The maximum Gasteiger partial charge on any atom is 0.0591 e. The van der Waals surface area contributed by atoms with Gasteiger partial charge in [-0.15, -0.1) is 11.6 Å². The van der Waals surface area contributed by atoms with Crippen molar-refractivity contribution in [1.29, 1.82) is 0 Å². The lowest BCUT2D eigenvalue weighted by Crippen LogP contribution is -2.35. The fraction of sp³-hybridized carbons (Fsp3) is 1.00. The van der Waals surface area contributed by atoms with E-state index < -0.39 is 0 Å². The minimum absolute atomic E-state index is 0.636. The number of nitrogens with one attached hydrogen (secondary N) is 1. The third kappa shape index (κ3) is 5.19. The van der Waals surface area contributed by atoms with Crippen molar-refractivity contribution in [3.8, 4) is 0 Å². The Morgan fingerprint density at radius 1 is 1.33 bits per heavy atom. The Labute approximate surface area is 98.7 Å². The summed E-state index contributed by atoms with van der Waals surface area (Å²) in [6.45, 7) is 4.90. The molecule has 0 aromatic heterocycles. The molecule has 0 bridgehead atoms. The smallest absolute Gasteiger partial charge is 0.0591 e. The Morgan fingerprint density at radius 3 is 2.93 bits per heavy atom. The molecule has 1 saturated carbocycles. The summed E-state index contributed by atoms with van der Waals surface area (Å²) in [4.78, 5) is 0. The van der Waals surface area contributed by atoms with E-state index in [0.717, 1.165) is 25.6 Å². The fourth-order valence-corrected chi connectivity index (χ4v) is 2.52. The molecule has 2 unspecified atom stereocenters. The van der Waals surface area contributed by atoms with Gasteiger partial charge in [-0.3, -0.25) is 0 Å². The van der Waals surface area contributed by atoms with Gasteiger partial charge >= 0.3 is 0 Å². The first kappa shape index (κ1) is 13.3. The summed E-state index contributed by atoms with van der Waals surface area (Å²) in [6.07, 6.45) is 6.29. The van der Waals surface area contributed by atoms with Gasteiger partial charge in [0, 0.05) is 25.1 Å². The second-order valence-corrected chi connectivity index (χ2v) is 4.68. The van der Waals surface area contributed by atoms with Crippen LogP contribution in [0.3, 0.4) is 0 Å². The molecule has 0 aromatic rings. The summed E-state index contributed by atoms with van der Waals surface area (Å²) in [5.74, 6) is 1.48. The van der Waals surface area contributed by atoms with Gasteiger partial charge in [0.2, 0.25) is 0 Å². The topological polar surface area (TPSA) is 21.3 Å². The number of hydrogen-bond acceptors (Lipinski definition) is 2. The zero-order valence-electron chi connectivity index (χ0n) is 9.80. The molecular formula is C12H24ClNO.